The van der Waals surface area contributed by atoms with Gasteiger partial charge in [0.25, 0.3) is 0 Å². The predicted octanol–water partition coefficient (Wildman–Crippen LogP) is 2.97. The van der Waals surface area contributed by atoms with Crippen LogP contribution in [-0.2, 0) is 4.74 Å². The van der Waals surface area contributed by atoms with E-state index in [0.29, 0.717) is 12.2 Å². The lowest BCUT2D eigenvalue weighted by Gasteiger charge is -2.39. The van der Waals surface area contributed by atoms with Crippen LogP contribution in [0.3, 0.4) is 0 Å². The lowest BCUT2D eigenvalue weighted by Crippen LogP contribution is -2.44. The van der Waals surface area contributed by atoms with E-state index in [4.69, 9.17) is 4.74 Å². The summed E-state index contributed by atoms with van der Waals surface area (Å²) < 4.78 is 6.16. The van der Waals surface area contributed by atoms with E-state index >= 15 is 0 Å². The van der Waals surface area contributed by atoms with Gasteiger partial charge < -0.3 is 10.1 Å². The average molecular weight is 237 g/mol. The molecule has 0 bridgehead atoms. The maximum absolute atomic E-state index is 6.16. The van der Waals surface area contributed by atoms with Gasteiger partial charge in [-0.05, 0) is 57.0 Å². The highest BCUT2D eigenvalue weighted by atomic mass is 16.5. The highest BCUT2D eigenvalue weighted by Crippen LogP contribution is 2.41. The van der Waals surface area contributed by atoms with E-state index in [1.807, 2.05) is 0 Å². The van der Waals surface area contributed by atoms with Crippen LogP contribution in [-0.4, -0.2) is 25.3 Å². The van der Waals surface area contributed by atoms with Crippen molar-refractivity contribution in [2.75, 3.05) is 13.1 Å². The van der Waals surface area contributed by atoms with E-state index in [1.165, 1.54) is 58.0 Å². The maximum Gasteiger partial charge on any atom is 0.0611 e. The van der Waals surface area contributed by atoms with Gasteiger partial charge in [0.15, 0.2) is 0 Å². The third kappa shape index (κ3) is 2.53. The number of ether oxygens (including phenoxy) is 1. The lowest BCUT2D eigenvalue weighted by atomic mass is 9.74. The van der Waals surface area contributed by atoms with Crippen molar-refractivity contribution < 1.29 is 4.74 Å². The molecule has 0 aromatic carbocycles. The van der Waals surface area contributed by atoms with Crippen molar-refractivity contribution in [3.05, 3.63) is 0 Å². The van der Waals surface area contributed by atoms with Crippen molar-refractivity contribution >= 4 is 0 Å². The fourth-order valence-corrected chi connectivity index (χ4v) is 4.41. The molecule has 0 aromatic heterocycles. The second-order valence-electron chi connectivity index (χ2n) is 6.43. The Kier molecular flexibility index (Phi) is 3.72. The fourth-order valence-electron chi connectivity index (χ4n) is 4.41. The molecule has 3 aliphatic rings. The molecule has 4 unspecified atom stereocenters. The summed E-state index contributed by atoms with van der Waals surface area (Å²) in [6.45, 7) is 4.71. The predicted molar refractivity (Wildman–Crippen MR) is 70.0 cm³/mol. The minimum atomic E-state index is 0.513. The summed E-state index contributed by atoms with van der Waals surface area (Å²) in [4.78, 5) is 0. The zero-order chi connectivity index (χ0) is 11.7. The van der Waals surface area contributed by atoms with Crippen molar-refractivity contribution in [1.29, 1.82) is 0 Å². The molecule has 1 saturated carbocycles. The Balaban J connectivity index is 1.66. The molecule has 1 aliphatic carbocycles. The molecule has 3 fully saturated rings. The lowest BCUT2D eigenvalue weighted by molar-refractivity contribution is -0.0198. The smallest absolute Gasteiger partial charge is 0.0611 e. The largest absolute Gasteiger partial charge is 0.375 e. The van der Waals surface area contributed by atoms with Gasteiger partial charge in [-0.2, -0.15) is 0 Å². The quantitative estimate of drug-likeness (QED) is 0.797. The van der Waals surface area contributed by atoms with E-state index in [2.05, 4.69) is 12.2 Å². The van der Waals surface area contributed by atoms with Gasteiger partial charge >= 0.3 is 0 Å². The van der Waals surface area contributed by atoms with E-state index < -0.39 is 0 Å². The molecule has 2 heteroatoms. The summed E-state index contributed by atoms with van der Waals surface area (Å²) in [5, 5.41) is 3.62. The van der Waals surface area contributed by atoms with E-state index in [9.17, 15) is 0 Å². The SMILES string of the molecule is CC1CCC(C2CCNCC2C2CCCC2)O1. The van der Waals surface area contributed by atoms with Crippen LogP contribution in [0.1, 0.15) is 51.9 Å². The van der Waals surface area contributed by atoms with Crippen LogP contribution in [0.15, 0.2) is 0 Å². The Bertz CT molecular complexity index is 249. The van der Waals surface area contributed by atoms with Gasteiger partial charge in [-0.25, -0.2) is 0 Å². The van der Waals surface area contributed by atoms with Crippen molar-refractivity contribution in [3.8, 4) is 0 Å². The van der Waals surface area contributed by atoms with E-state index in [1.54, 1.807) is 0 Å². The normalized spacial score (nSPS) is 44.3. The van der Waals surface area contributed by atoms with Crippen LogP contribution in [0.4, 0.5) is 0 Å². The minimum Gasteiger partial charge on any atom is -0.375 e. The third-order valence-corrected chi connectivity index (χ3v) is 5.33. The third-order valence-electron chi connectivity index (χ3n) is 5.33. The first kappa shape index (κ1) is 12.0. The molecule has 2 aliphatic heterocycles. The molecule has 2 nitrogen and oxygen atoms in total. The molecule has 98 valence electrons. The van der Waals surface area contributed by atoms with Crippen molar-refractivity contribution in [1.82, 2.24) is 5.32 Å². The van der Waals surface area contributed by atoms with Gasteiger partial charge in [0.1, 0.15) is 0 Å². The van der Waals surface area contributed by atoms with Gasteiger partial charge in [-0.1, -0.05) is 25.7 Å². The summed E-state index contributed by atoms with van der Waals surface area (Å²) >= 11 is 0. The summed E-state index contributed by atoms with van der Waals surface area (Å²) in [5.74, 6) is 2.75. The molecular formula is C15H27NO. The van der Waals surface area contributed by atoms with E-state index in [-0.39, 0.29) is 0 Å². The van der Waals surface area contributed by atoms with Crippen LogP contribution in [0.25, 0.3) is 0 Å². The van der Waals surface area contributed by atoms with Crippen LogP contribution in [0, 0.1) is 17.8 Å². The van der Waals surface area contributed by atoms with Crippen LogP contribution >= 0.6 is 0 Å². The van der Waals surface area contributed by atoms with E-state index in [0.717, 1.165) is 17.8 Å². The highest BCUT2D eigenvalue weighted by molar-refractivity contribution is 4.91. The monoisotopic (exact) mass is 237 g/mol. The van der Waals surface area contributed by atoms with Gasteiger partial charge in [-0.3, -0.25) is 0 Å². The first-order valence-corrected chi connectivity index (χ1v) is 7.71. The van der Waals surface area contributed by atoms with Gasteiger partial charge in [0.2, 0.25) is 0 Å². The van der Waals surface area contributed by atoms with Crippen molar-refractivity contribution in [2.24, 2.45) is 17.8 Å². The highest BCUT2D eigenvalue weighted by Gasteiger charge is 2.40. The molecule has 1 N–H and O–H groups in total. The number of nitrogens with one attached hydrogen (secondary N) is 1. The van der Waals surface area contributed by atoms with Gasteiger partial charge in [-0.15, -0.1) is 0 Å². The molecule has 2 heterocycles. The Morgan fingerprint density at radius 3 is 2.47 bits per heavy atom. The van der Waals surface area contributed by atoms with Crippen LogP contribution < -0.4 is 5.32 Å². The molecule has 17 heavy (non-hydrogen) atoms. The molecule has 3 rings (SSSR count). The second kappa shape index (κ2) is 5.27. The summed E-state index contributed by atoms with van der Waals surface area (Å²) in [6, 6.07) is 0. The molecule has 2 saturated heterocycles. The number of rotatable bonds is 2. The molecule has 0 spiro atoms. The van der Waals surface area contributed by atoms with Crippen molar-refractivity contribution in [2.45, 2.75) is 64.1 Å². The number of hydrogen-bond acceptors (Lipinski definition) is 2. The molecule has 0 amide bonds. The zero-order valence-corrected chi connectivity index (χ0v) is 11.2. The Labute approximate surface area is 105 Å². The Morgan fingerprint density at radius 1 is 0.941 bits per heavy atom. The number of piperidine rings is 1. The Hall–Kier alpha value is -0.0800. The summed E-state index contributed by atoms with van der Waals surface area (Å²) in [6.07, 6.45) is 10.9. The second-order valence-corrected chi connectivity index (χ2v) is 6.43. The maximum atomic E-state index is 6.16. The fraction of sp³-hybridized carbons (Fsp3) is 1.00. The summed E-state index contributed by atoms with van der Waals surface area (Å²) in [5.41, 5.74) is 0. The first-order chi connectivity index (χ1) is 8.34. The molecule has 4 atom stereocenters. The van der Waals surface area contributed by atoms with Crippen LogP contribution in [0.5, 0.6) is 0 Å². The van der Waals surface area contributed by atoms with Gasteiger partial charge in [0.05, 0.1) is 12.2 Å². The topological polar surface area (TPSA) is 21.3 Å². The number of hydrogen-bond donors (Lipinski definition) is 1. The van der Waals surface area contributed by atoms with Gasteiger partial charge in [0, 0.05) is 0 Å². The van der Waals surface area contributed by atoms with Crippen molar-refractivity contribution in [3.63, 3.8) is 0 Å². The minimum absolute atomic E-state index is 0.513. The molecular weight excluding hydrogens is 210 g/mol. The first-order valence-electron chi connectivity index (χ1n) is 7.71. The molecule has 0 aromatic rings. The average Bonchev–Trinajstić information content (AvgIpc) is 3.00. The van der Waals surface area contributed by atoms with Crippen LogP contribution in [0.2, 0.25) is 0 Å². The molecule has 0 radical (unpaired) electrons. The Morgan fingerprint density at radius 2 is 1.76 bits per heavy atom. The zero-order valence-electron chi connectivity index (χ0n) is 11.2. The standard InChI is InChI=1S/C15H27NO/c1-11-6-7-15(17-11)13-8-9-16-10-14(13)12-4-2-3-5-12/h11-16H,2-10H2,1H3. The summed E-state index contributed by atoms with van der Waals surface area (Å²) in [7, 11) is 0.